The van der Waals surface area contributed by atoms with Crippen LogP contribution in [0.2, 0.25) is 0 Å². The molecule has 2 heterocycles. The quantitative estimate of drug-likeness (QED) is 0.698. The first-order valence-corrected chi connectivity index (χ1v) is 4.58. The summed E-state index contributed by atoms with van der Waals surface area (Å²) in [6.07, 6.45) is 5.78. The van der Waals surface area contributed by atoms with Crippen molar-refractivity contribution in [1.29, 1.82) is 0 Å². The van der Waals surface area contributed by atoms with Crippen LogP contribution >= 0.6 is 0 Å². The van der Waals surface area contributed by atoms with Crippen LogP contribution in [-0.2, 0) is 13.5 Å². The molecule has 0 radical (unpaired) electrons. The molecule has 2 aromatic rings. The molecule has 0 fully saturated rings. The van der Waals surface area contributed by atoms with Gasteiger partial charge < -0.3 is 4.57 Å². The molecule has 0 atom stereocenters. The summed E-state index contributed by atoms with van der Waals surface area (Å²) in [5, 5.41) is 0. The molecule has 0 saturated heterocycles. The van der Waals surface area contributed by atoms with Gasteiger partial charge in [0.1, 0.15) is 11.3 Å². The summed E-state index contributed by atoms with van der Waals surface area (Å²) in [6, 6.07) is 2.00. The number of imidazole rings is 1. The van der Waals surface area contributed by atoms with E-state index in [2.05, 4.69) is 28.5 Å². The molecule has 0 spiro atoms. The fourth-order valence-corrected chi connectivity index (χ4v) is 1.55. The second-order valence-electron chi connectivity index (χ2n) is 3.20. The smallest absolute Gasteiger partial charge is 0.109 e. The predicted octanol–water partition coefficient (Wildman–Crippen LogP) is 1.92. The van der Waals surface area contributed by atoms with E-state index in [0.717, 1.165) is 24.2 Å². The average molecular weight is 175 g/mol. The highest BCUT2D eigenvalue weighted by Crippen LogP contribution is 2.13. The molecule has 2 aromatic heterocycles. The minimum Gasteiger partial charge on any atom is -0.331 e. The Balaban J connectivity index is 2.60. The minimum atomic E-state index is 0.994. The predicted molar refractivity (Wildman–Crippen MR) is 52.5 cm³/mol. The van der Waals surface area contributed by atoms with E-state index >= 15 is 0 Å². The molecule has 0 amide bonds. The van der Waals surface area contributed by atoms with Crippen LogP contribution < -0.4 is 0 Å². The molecular weight excluding hydrogens is 162 g/mol. The van der Waals surface area contributed by atoms with Crippen LogP contribution in [0.1, 0.15) is 19.2 Å². The van der Waals surface area contributed by atoms with Gasteiger partial charge in [-0.3, -0.25) is 4.98 Å². The molecule has 2 rings (SSSR count). The van der Waals surface area contributed by atoms with E-state index in [0.29, 0.717) is 0 Å². The topological polar surface area (TPSA) is 30.7 Å². The highest BCUT2D eigenvalue weighted by atomic mass is 15.1. The third kappa shape index (κ3) is 1.30. The summed E-state index contributed by atoms with van der Waals surface area (Å²) in [6.45, 7) is 2.16. The maximum Gasteiger partial charge on any atom is 0.109 e. The number of hydrogen-bond acceptors (Lipinski definition) is 2. The van der Waals surface area contributed by atoms with Crippen LogP contribution in [0.15, 0.2) is 18.5 Å². The molecule has 68 valence electrons. The Morgan fingerprint density at radius 3 is 3.00 bits per heavy atom. The van der Waals surface area contributed by atoms with Crippen LogP contribution in [0, 0.1) is 0 Å². The Morgan fingerprint density at radius 2 is 2.31 bits per heavy atom. The molecule has 0 bridgehead atoms. The third-order valence-electron chi connectivity index (χ3n) is 2.25. The van der Waals surface area contributed by atoms with Gasteiger partial charge in [0, 0.05) is 19.7 Å². The van der Waals surface area contributed by atoms with Gasteiger partial charge in [0.25, 0.3) is 0 Å². The zero-order chi connectivity index (χ0) is 9.26. The van der Waals surface area contributed by atoms with Gasteiger partial charge in [-0.05, 0) is 12.5 Å². The first kappa shape index (κ1) is 8.23. The van der Waals surface area contributed by atoms with E-state index < -0.39 is 0 Å². The van der Waals surface area contributed by atoms with Crippen LogP contribution in [0.5, 0.6) is 0 Å². The molecule has 0 aliphatic rings. The monoisotopic (exact) mass is 175 g/mol. The molecule has 0 saturated carbocycles. The summed E-state index contributed by atoms with van der Waals surface area (Å²) < 4.78 is 2.14. The van der Waals surface area contributed by atoms with Crippen molar-refractivity contribution in [3.8, 4) is 0 Å². The SMILES string of the molecule is CCCc1nc2cnccc2n1C. The largest absolute Gasteiger partial charge is 0.331 e. The number of nitrogens with zero attached hydrogens (tertiary/aromatic N) is 3. The Morgan fingerprint density at radius 1 is 1.46 bits per heavy atom. The number of hydrogen-bond donors (Lipinski definition) is 0. The Hall–Kier alpha value is -1.38. The van der Waals surface area contributed by atoms with Gasteiger partial charge in [-0.2, -0.15) is 0 Å². The van der Waals surface area contributed by atoms with Gasteiger partial charge in [0.05, 0.1) is 11.7 Å². The van der Waals surface area contributed by atoms with Gasteiger partial charge >= 0.3 is 0 Å². The molecule has 0 N–H and O–H groups in total. The van der Waals surface area contributed by atoms with Crippen LogP contribution in [0.3, 0.4) is 0 Å². The van der Waals surface area contributed by atoms with Gasteiger partial charge in [-0.15, -0.1) is 0 Å². The number of fused-ring (bicyclic) bond motifs is 1. The standard InChI is InChI=1S/C10H13N3/c1-3-4-10-12-8-7-11-6-5-9(8)13(10)2/h5-7H,3-4H2,1-2H3. The van der Waals surface area contributed by atoms with E-state index in [1.807, 2.05) is 12.3 Å². The van der Waals surface area contributed by atoms with Gasteiger partial charge in [-0.25, -0.2) is 4.98 Å². The lowest BCUT2D eigenvalue weighted by Crippen LogP contribution is -1.96. The lowest BCUT2D eigenvalue weighted by atomic mass is 10.3. The maximum absolute atomic E-state index is 4.50. The summed E-state index contributed by atoms with van der Waals surface area (Å²) >= 11 is 0. The molecule has 3 nitrogen and oxygen atoms in total. The van der Waals surface area contributed by atoms with Crippen LogP contribution in [-0.4, -0.2) is 14.5 Å². The fraction of sp³-hybridized carbons (Fsp3) is 0.400. The first-order valence-electron chi connectivity index (χ1n) is 4.58. The third-order valence-corrected chi connectivity index (χ3v) is 2.25. The summed E-state index contributed by atoms with van der Waals surface area (Å²) in [5.41, 5.74) is 2.16. The van der Waals surface area contributed by atoms with Gasteiger partial charge in [0.2, 0.25) is 0 Å². The van der Waals surface area contributed by atoms with Crippen LogP contribution in [0.25, 0.3) is 11.0 Å². The lowest BCUT2D eigenvalue weighted by molar-refractivity contribution is 0.773. The number of aromatic nitrogens is 3. The number of pyridine rings is 1. The zero-order valence-electron chi connectivity index (χ0n) is 7.99. The van der Waals surface area contributed by atoms with E-state index in [1.54, 1.807) is 6.20 Å². The first-order chi connectivity index (χ1) is 6.33. The van der Waals surface area contributed by atoms with E-state index in [4.69, 9.17) is 0 Å². The second kappa shape index (κ2) is 3.17. The minimum absolute atomic E-state index is 0.994. The summed E-state index contributed by atoms with van der Waals surface area (Å²) in [7, 11) is 2.06. The van der Waals surface area contributed by atoms with E-state index in [1.165, 1.54) is 5.52 Å². The second-order valence-corrected chi connectivity index (χ2v) is 3.20. The van der Waals surface area contributed by atoms with Crippen molar-refractivity contribution >= 4 is 11.0 Å². The highest BCUT2D eigenvalue weighted by molar-refractivity contribution is 5.74. The molecular formula is C10H13N3. The Bertz CT molecular complexity index is 417. The van der Waals surface area contributed by atoms with Crippen molar-refractivity contribution in [2.45, 2.75) is 19.8 Å². The summed E-state index contributed by atoms with van der Waals surface area (Å²) in [4.78, 5) is 8.55. The van der Waals surface area contributed by atoms with Crippen molar-refractivity contribution in [2.75, 3.05) is 0 Å². The Labute approximate surface area is 77.4 Å². The van der Waals surface area contributed by atoms with Crippen molar-refractivity contribution in [3.63, 3.8) is 0 Å². The summed E-state index contributed by atoms with van der Waals surface area (Å²) in [5.74, 6) is 1.14. The van der Waals surface area contributed by atoms with Crippen molar-refractivity contribution < 1.29 is 0 Å². The lowest BCUT2D eigenvalue weighted by Gasteiger charge is -1.98. The molecule has 0 aliphatic heterocycles. The molecule has 13 heavy (non-hydrogen) atoms. The maximum atomic E-state index is 4.50. The van der Waals surface area contributed by atoms with E-state index in [9.17, 15) is 0 Å². The van der Waals surface area contributed by atoms with Crippen LogP contribution in [0.4, 0.5) is 0 Å². The molecule has 0 unspecified atom stereocenters. The van der Waals surface area contributed by atoms with E-state index in [-0.39, 0.29) is 0 Å². The normalized spacial score (nSPS) is 10.9. The van der Waals surface area contributed by atoms with Crippen molar-refractivity contribution in [2.24, 2.45) is 7.05 Å². The van der Waals surface area contributed by atoms with Gasteiger partial charge in [0.15, 0.2) is 0 Å². The molecule has 0 aliphatic carbocycles. The highest BCUT2D eigenvalue weighted by Gasteiger charge is 2.05. The fourth-order valence-electron chi connectivity index (χ4n) is 1.55. The van der Waals surface area contributed by atoms with Gasteiger partial charge in [-0.1, -0.05) is 6.92 Å². The molecule has 0 aromatic carbocycles. The van der Waals surface area contributed by atoms with Crippen molar-refractivity contribution in [1.82, 2.24) is 14.5 Å². The number of rotatable bonds is 2. The van der Waals surface area contributed by atoms with Crippen molar-refractivity contribution in [3.05, 3.63) is 24.3 Å². The average Bonchev–Trinajstić information content (AvgIpc) is 2.46. The zero-order valence-corrected chi connectivity index (χ0v) is 7.99. The number of aryl methyl sites for hydroxylation is 2. The Kier molecular flexibility index (Phi) is 2.00. The molecule has 3 heteroatoms.